The van der Waals surface area contributed by atoms with Crippen molar-refractivity contribution in [3.05, 3.63) is 83.4 Å². The van der Waals surface area contributed by atoms with Crippen LogP contribution in [0.3, 0.4) is 0 Å². The van der Waals surface area contributed by atoms with Crippen LogP contribution in [0.2, 0.25) is 0 Å². The zero-order chi connectivity index (χ0) is 37.4. The van der Waals surface area contributed by atoms with Crippen molar-refractivity contribution in [3.63, 3.8) is 0 Å². The van der Waals surface area contributed by atoms with Crippen molar-refractivity contribution in [2.45, 2.75) is 45.4 Å². The number of tetrazole rings is 1. The van der Waals surface area contributed by atoms with E-state index in [1.807, 2.05) is 55.5 Å². The Bertz CT molecular complexity index is 1760. The Morgan fingerprint density at radius 2 is 1.66 bits per heavy atom. The van der Waals surface area contributed by atoms with Crippen molar-refractivity contribution < 1.29 is 28.6 Å². The third-order valence-corrected chi connectivity index (χ3v) is 9.75. The van der Waals surface area contributed by atoms with Gasteiger partial charge >= 0.3 is 0 Å². The molecule has 0 bridgehead atoms. The number of hydrogen-bond donors (Lipinski definition) is 4. The van der Waals surface area contributed by atoms with Crippen molar-refractivity contribution in [2.24, 2.45) is 23.5 Å². The van der Waals surface area contributed by atoms with Crippen LogP contribution in [0, 0.1) is 24.7 Å². The van der Waals surface area contributed by atoms with Crippen LogP contribution in [0.4, 0.5) is 5.69 Å². The van der Waals surface area contributed by atoms with E-state index < -0.39 is 5.92 Å². The molecule has 13 heteroatoms. The number of nitrogens with one attached hydrogen (secondary N) is 3. The summed E-state index contributed by atoms with van der Waals surface area (Å²) in [6.07, 6.45) is 4.07. The summed E-state index contributed by atoms with van der Waals surface area (Å²) in [7, 11) is 1.63. The van der Waals surface area contributed by atoms with E-state index in [0.717, 1.165) is 53.5 Å². The number of Topliss-reactive ketones (excluding diaryl/α,β-unsaturated/α-hetero) is 1. The number of carbonyl (C=O) groups is 3. The molecular weight excluding hydrogens is 674 g/mol. The number of anilines is 1. The molecule has 282 valence electrons. The third kappa shape index (κ3) is 11.8. The second kappa shape index (κ2) is 20.4. The highest BCUT2D eigenvalue weighted by molar-refractivity contribution is 5.96. The number of carbonyl (C=O) groups excluding carboxylic acids is 3. The molecule has 0 aliphatic heterocycles. The highest BCUT2D eigenvalue weighted by Gasteiger charge is 2.30. The minimum atomic E-state index is -0.568. The number of aromatic nitrogens is 4. The SMILES string of the molecule is COCCOCCOCCNC(=O)c1ccc(-c2cccc(C[C@H](CC(=O)C3CCC(CN)CC3)C(=O)Nc3ccc(-c4nn[nH]n4)cc3)c2)c(C)c1. The molecule has 5 rings (SSSR count). The maximum Gasteiger partial charge on any atom is 0.251 e. The highest BCUT2D eigenvalue weighted by atomic mass is 16.5. The number of methoxy groups -OCH3 is 1. The Labute approximate surface area is 310 Å². The molecule has 0 radical (unpaired) electrons. The van der Waals surface area contributed by atoms with Crippen molar-refractivity contribution in [1.29, 1.82) is 0 Å². The van der Waals surface area contributed by atoms with Gasteiger partial charge in [0.2, 0.25) is 11.7 Å². The van der Waals surface area contributed by atoms with Gasteiger partial charge in [-0.1, -0.05) is 30.3 Å². The summed E-state index contributed by atoms with van der Waals surface area (Å²) in [6, 6.07) is 20.9. The Balaban J connectivity index is 1.23. The summed E-state index contributed by atoms with van der Waals surface area (Å²) in [6.45, 7) is 5.37. The fourth-order valence-electron chi connectivity index (χ4n) is 6.70. The molecule has 1 saturated carbocycles. The van der Waals surface area contributed by atoms with Crippen LogP contribution < -0.4 is 16.4 Å². The second-order valence-corrected chi connectivity index (χ2v) is 13.5. The molecule has 53 heavy (non-hydrogen) atoms. The number of benzene rings is 3. The normalized spacial score (nSPS) is 16.2. The average Bonchev–Trinajstić information content (AvgIpc) is 3.73. The molecule has 1 atom stereocenters. The topological polar surface area (TPSA) is 183 Å². The number of hydrogen-bond acceptors (Lipinski definition) is 10. The van der Waals surface area contributed by atoms with Gasteiger partial charge in [-0.3, -0.25) is 14.4 Å². The molecule has 0 saturated heterocycles. The summed E-state index contributed by atoms with van der Waals surface area (Å²) in [5, 5.41) is 20.0. The average molecular weight is 726 g/mol. The van der Waals surface area contributed by atoms with Gasteiger partial charge in [0.1, 0.15) is 5.78 Å². The number of rotatable bonds is 20. The first-order chi connectivity index (χ1) is 25.8. The minimum Gasteiger partial charge on any atom is -0.382 e. The van der Waals surface area contributed by atoms with Crippen LogP contribution in [0.1, 0.15) is 53.6 Å². The van der Waals surface area contributed by atoms with Gasteiger partial charge in [0.15, 0.2) is 0 Å². The zero-order valence-corrected chi connectivity index (χ0v) is 30.6. The molecule has 0 unspecified atom stereocenters. The molecule has 5 N–H and O–H groups in total. The molecular formula is C40H51N7O6. The van der Waals surface area contributed by atoms with Crippen LogP contribution >= 0.6 is 0 Å². The van der Waals surface area contributed by atoms with Crippen LogP contribution in [-0.2, 0) is 30.2 Å². The maximum absolute atomic E-state index is 13.9. The molecule has 4 aromatic rings. The Hall–Kier alpha value is -4.82. The molecule has 1 heterocycles. The van der Waals surface area contributed by atoms with Crippen LogP contribution in [0.5, 0.6) is 0 Å². The second-order valence-electron chi connectivity index (χ2n) is 13.5. The van der Waals surface area contributed by atoms with Gasteiger partial charge in [0.25, 0.3) is 5.91 Å². The largest absolute Gasteiger partial charge is 0.382 e. The minimum absolute atomic E-state index is 0.0506. The Morgan fingerprint density at radius 3 is 2.36 bits per heavy atom. The first-order valence-electron chi connectivity index (χ1n) is 18.3. The first-order valence-corrected chi connectivity index (χ1v) is 18.3. The summed E-state index contributed by atoms with van der Waals surface area (Å²) in [5.74, 6) is 0.0532. The molecule has 1 aliphatic carbocycles. The van der Waals surface area contributed by atoms with Gasteiger partial charge in [-0.05, 0) is 115 Å². The maximum atomic E-state index is 13.9. The quantitative estimate of drug-likeness (QED) is 0.0926. The molecule has 1 fully saturated rings. The predicted molar refractivity (Wildman–Crippen MR) is 202 cm³/mol. The summed E-state index contributed by atoms with van der Waals surface area (Å²) in [5.41, 5.74) is 11.7. The number of nitrogens with zero attached hydrogens (tertiary/aromatic N) is 3. The number of nitrogens with two attached hydrogens (primary N) is 1. The van der Waals surface area contributed by atoms with Gasteiger partial charge in [-0.25, -0.2) is 0 Å². The molecule has 0 spiro atoms. The number of ketones is 1. The van der Waals surface area contributed by atoms with Gasteiger partial charge in [0.05, 0.1) is 33.0 Å². The molecule has 2 amide bonds. The first kappa shape index (κ1) is 39.4. The van der Waals surface area contributed by atoms with Gasteiger partial charge in [-0.15, -0.1) is 10.2 Å². The van der Waals surface area contributed by atoms with E-state index >= 15 is 0 Å². The van der Waals surface area contributed by atoms with Crippen LogP contribution in [-0.4, -0.2) is 91.5 Å². The van der Waals surface area contributed by atoms with E-state index in [4.69, 9.17) is 19.9 Å². The number of aryl methyl sites for hydroxylation is 1. The van der Waals surface area contributed by atoms with Gasteiger partial charge < -0.3 is 30.6 Å². The van der Waals surface area contributed by atoms with E-state index in [1.165, 1.54) is 0 Å². The lowest BCUT2D eigenvalue weighted by Crippen LogP contribution is -2.31. The van der Waals surface area contributed by atoms with Crippen molar-refractivity contribution in [2.75, 3.05) is 58.6 Å². The zero-order valence-electron chi connectivity index (χ0n) is 30.6. The molecule has 3 aromatic carbocycles. The van der Waals surface area contributed by atoms with E-state index in [2.05, 4.69) is 37.3 Å². The fraction of sp³-hybridized carbons (Fsp3) is 0.450. The standard InChI is InChI=1S/C40H51N7O6/c1-27-22-33(39(49)42-16-17-52-20-21-53-19-18-51-2)12-15-36(27)32-5-3-4-29(23-32)24-34(25-37(48)30-8-6-28(26-41)7-9-30)40(50)43-35-13-10-31(11-14-35)38-44-46-47-45-38/h3-5,10-15,22-23,28,30,34H,6-9,16-21,24-26,41H2,1-2H3,(H,42,49)(H,43,50)(H,44,45,46,47)/t28?,30?,34-/m1/s1. The van der Waals surface area contributed by atoms with Gasteiger partial charge in [0, 0.05) is 48.7 Å². The number of amides is 2. The summed E-state index contributed by atoms with van der Waals surface area (Å²) in [4.78, 5) is 40.3. The number of aromatic amines is 1. The summed E-state index contributed by atoms with van der Waals surface area (Å²) < 4.78 is 15.8. The number of H-pyrrole nitrogens is 1. The van der Waals surface area contributed by atoms with E-state index in [-0.39, 0.29) is 29.9 Å². The number of ether oxygens (including phenoxy) is 3. The van der Waals surface area contributed by atoms with E-state index in [9.17, 15) is 14.4 Å². The van der Waals surface area contributed by atoms with E-state index in [0.29, 0.717) is 75.5 Å². The van der Waals surface area contributed by atoms with Crippen molar-refractivity contribution >= 4 is 23.3 Å². The smallest absolute Gasteiger partial charge is 0.251 e. The Kier molecular flexibility index (Phi) is 15.2. The fourth-order valence-corrected chi connectivity index (χ4v) is 6.70. The van der Waals surface area contributed by atoms with Crippen LogP contribution in [0.25, 0.3) is 22.5 Å². The van der Waals surface area contributed by atoms with Crippen LogP contribution in [0.15, 0.2) is 66.7 Å². The molecule has 13 nitrogen and oxygen atoms in total. The summed E-state index contributed by atoms with van der Waals surface area (Å²) >= 11 is 0. The van der Waals surface area contributed by atoms with Gasteiger partial charge in [-0.2, -0.15) is 5.21 Å². The lowest BCUT2D eigenvalue weighted by molar-refractivity contribution is -0.129. The van der Waals surface area contributed by atoms with E-state index in [1.54, 1.807) is 19.2 Å². The lowest BCUT2D eigenvalue weighted by atomic mass is 9.77. The lowest BCUT2D eigenvalue weighted by Gasteiger charge is -2.27. The molecule has 1 aromatic heterocycles. The Morgan fingerprint density at radius 1 is 0.906 bits per heavy atom. The third-order valence-electron chi connectivity index (χ3n) is 9.75. The van der Waals surface area contributed by atoms with Crippen molar-refractivity contribution in [3.8, 4) is 22.5 Å². The van der Waals surface area contributed by atoms with Crippen molar-refractivity contribution in [1.82, 2.24) is 25.9 Å². The molecule has 1 aliphatic rings. The monoisotopic (exact) mass is 725 g/mol. The highest BCUT2D eigenvalue weighted by Crippen LogP contribution is 2.32. The predicted octanol–water partition coefficient (Wildman–Crippen LogP) is 4.77.